The van der Waals surface area contributed by atoms with Gasteiger partial charge in [0.2, 0.25) is 11.8 Å². The fourth-order valence-electron chi connectivity index (χ4n) is 3.96. The Balaban J connectivity index is 1.48. The summed E-state index contributed by atoms with van der Waals surface area (Å²) in [6, 6.07) is 11.7. The lowest BCUT2D eigenvalue weighted by molar-refractivity contribution is -0.139. The minimum absolute atomic E-state index is 0.0120. The zero-order valence-electron chi connectivity index (χ0n) is 18.1. The molecule has 3 aromatic rings. The molecule has 2 amide bonds. The molecule has 1 saturated carbocycles. The summed E-state index contributed by atoms with van der Waals surface area (Å²) in [5, 5.41) is 7.60. The van der Waals surface area contributed by atoms with Crippen LogP contribution in [0.3, 0.4) is 0 Å². The summed E-state index contributed by atoms with van der Waals surface area (Å²) in [6.45, 7) is 1.65. The Kier molecular flexibility index (Phi) is 6.74. The highest BCUT2D eigenvalue weighted by atomic mass is 35.5. The lowest BCUT2D eigenvalue weighted by atomic mass is 10.1. The molecule has 0 spiro atoms. The number of aromatic nitrogens is 2. The van der Waals surface area contributed by atoms with Crippen molar-refractivity contribution in [2.75, 3.05) is 6.54 Å². The topological polar surface area (TPSA) is 84.3 Å². The molecule has 1 unspecified atom stereocenters. The van der Waals surface area contributed by atoms with E-state index in [-0.39, 0.29) is 47.9 Å². The van der Waals surface area contributed by atoms with Crippen LogP contribution in [0.25, 0.3) is 10.9 Å². The van der Waals surface area contributed by atoms with Gasteiger partial charge in [0.1, 0.15) is 18.1 Å². The number of rotatable bonds is 9. The summed E-state index contributed by atoms with van der Waals surface area (Å²) in [5.41, 5.74) is 1.21. The van der Waals surface area contributed by atoms with Gasteiger partial charge in [-0.15, -0.1) is 0 Å². The van der Waals surface area contributed by atoms with Gasteiger partial charge in [-0.2, -0.15) is 5.10 Å². The van der Waals surface area contributed by atoms with E-state index >= 15 is 0 Å². The quantitative estimate of drug-likeness (QED) is 0.484. The van der Waals surface area contributed by atoms with Crippen LogP contribution in [0.5, 0.6) is 0 Å². The molecular weight excluding hydrogens is 447 g/mol. The lowest BCUT2D eigenvalue weighted by Crippen LogP contribution is -2.47. The van der Waals surface area contributed by atoms with Gasteiger partial charge in [0.05, 0.1) is 17.1 Å². The van der Waals surface area contributed by atoms with E-state index in [4.69, 9.17) is 11.6 Å². The van der Waals surface area contributed by atoms with Gasteiger partial charge in [0.25, 0.3) is 0 Å². The first-order valence-corrected chi connectivity index (χ1v) is 11.2. The van der Waals surface area contributed by atoms with Crippen molar-refractivity contribution < 1.29 is 18.8 Å². The van der Waals surface area contributed by atoms with Crippen LogP contribution in [0.15, 0.2) is 42.5 Å². The van der Waals surface area contributed by atoms with Crippen LogP contribution in [0.4, 0.5) is 4.39 Å². The number of fused-ring (bicyclic) bond motifs is 1. The number of amides is 2. The minimum atomic E-state index is -0.574. The highest BCUT2D eigenvalue weighted by molar-refractivity contribution is 6.30. The van der Waals surface area contributed by atoms with Gasteiger partial charge < -0.3 is 10.2 Å². The maximum atomic E-state index is 14.1. The van der Waals surface area contributed by atoms with E-state index in [9.17, 15) is 18.8 Å². The molecule has 33 heavy (non-hydrogen) atoms. The molecule has 1 N–H and O–H groups in total. The molecule has 1 aliphatic rings. The summed E-state index contributed by atoms with van der Waals surface area (Å²) in [4.78, 5) is 38.8. The number of nitrogens with one attached hydrogen (secondary N) is 1. The molecule has 1 aliphatic carbocycles. The van der Waals surface area contributed by atoms with Gasteiger partial charge in [-0.3, -0.25) is 19.1 Å². The number of carbonyl (C=O) groups is 3. The number of aldehydes is 1. The normalized spacial score (nSPS) is 14.2. The molecule has 0 bridgehead atoms. The molecule has 1 atom stereocenters. The van der Waals surface area contributed by atoms with E-state index in [1.54, 1.807) is 35.2 Å². The van der Waals surface area contributed by atoms with Crippen molar-refractivity contribution >= 4 is 40.6 Å². The van der Waals surface area contributed by atoms with Crippen molar-refractivity contribution in [3.05, 3.63) is 64.6 Å². The second-order valence-electron chi connectivity index (χ2n) is 8.27. The Morgan fingerprint density at radius 3 is 2.76 bits per heavy atom. The molecule has 4 rings (SSSR count). The standard InChI is InChI=1S/C24H24ClFN4O3/c1-15(16-9-10-16)29(12-22(32)27-11-17-5-4-7-19(25)24(17)26)23(33)13-30-21-8-3-2-6-18(21)20(14-31)28-30/h2-8,14-16H,9-13H2,1H3,(H,27,32). The van der Waals surface area contributed by atoms with Gasteiger partial charge >= 0.3 is 0 Å². The van der Waals surface area contributed by atoms with E-state index < -0.39 is 11.7 Å². The maximum Gasteiger partial charge on any atom is 0.245 e. The smallest absolute Gasteiger partial charge is 0.245 e. The van der Waals surface area contributed by atoms with Crippen LogP contribution >= 0.6 is 11.6 Å². The van der Waals surface area contributed by atoms with E-state index in [1.165, 1.54) is 10.7 Å². The number of halogens is 2. The Bertz CT molecular complexity index is 1210. The fourth-order valence-corrected chi connectivity index (χ4v) is 4.16. The summed E-state index contributed by atoms with van der Waals surface area (Å²) in [6.07, 6.45) is 2.66. The van der Waals surface area contributed by atoms with Crippen LogP contribution in [-0.4, -0.2) is 45.4 Å². The van der Waals surface area contributed by atoms with Gasteiger partial charge in [-0.1, -0.05) is 41.9 Å². The van der Waals surface area contributed by atoms with Crippen molar-refractivity contribution in [2.24, 2.45) is 5.92 Å². The first kappa shape index (κ1) is 22.9. The Hall–Kier alpha value is -3.26. The molecule has 0 radical (unpaired) electrons. The number of carbonyl (C=O) groups excluding carboxylic acids is 3. The third-order valence-corrected chi connectivity index (χ3v) is 6.31. The number of hydrogen-bond donors (Lipinski definition) is 1. The fraction of sp³-hybridized carbons (Fsp3) is 0.333. The van der Waals surface area contributed by atoms with E-state index in [0.29, 0.717) is 23.1 Å². The molecule has 0 aliphatic heterocycles. The largest absolute Gasteiger partial charge is 0.350 e. The molecule has 0 saturated heterocycles. The second kappa shape index (κ2) is 9.70. The third-order valence-electron chi connectivity index (χ3n) is 6.02. The summed E-state index contributed by atoms with van der Waals surface area (Å²) < 4.78 is 15.6. The van der Waals surface area contributed by atoms with Crippen molar-refractivity contribution in [1.29, 1.82) is 0 Å². The molecule has 7 nitrogen and oxygen atoms in total. The monoisotopic (exact) mass is 470 g/mol. The minimum Gasteiger partial charge on any atom is -0.350 e. The van der Waals surface area contributed by atoms with Crippen LogP contribution in [0, 0.1) is 11.7 Å². The zero-order valence-corrected chi connectivity index (χ0v) is 18.9. The zero-order chi connectivity index (χ0) is 23.5. The number of para-hydroxylation sites is 1. The molecule has 1 aromatic heterocycles. The predicted octanol–water partition coefficient (Wildman–Crippen LogP) is 3.58. The first-order chi connectivity index (χ1) is 15.9. The van der Waals surface area contributed by atoms with Crippen LogP contribution in [-0.2, 0) is 22.7 Å². The van der Waals surface area contributed by atoms with Gasteiger partial charge in [0, 0.05) is 23.5 Å². The lowest BCUT2D eigenvalue weighted by Gasteiger charge is -2.29. The summed E-state index contributed by atoms with van der Waals surface area (Å²) in [5.74, 6) is -0.902. The highest BCUT2D eigenvalue weighted by Crippen LogP contribution is 2.35. The van der Waals surface area contributed by atoms with Crippen molar-refractivity contribution in [3.63, 3.8) is 0 Å². The Morgan fingerprint density at radius 2 is 2.03 bits per heavy atom. The molecule has 9 heteroatoms. The second-order valence-corrected chi connectivity index (χ2v) is 8.67. The highest BCUT2D eigenvalue weighted by Gasteiger charge is 2.35. The van der Waals surface area contributed by atoms with Gasteiger partial charge in [-0.25, -0.2) is 4.39 Å². The van der Waals surface area contributed by atoms with Crippen LogP contribution in [0.1, 0.15) is 35.8 Å². The average molecular weight is 471 g/mol. The first-order valence-electron chi connectivity index (χ1n) is 10.8. The van der Waals surface area contributed by atoms with Crippen LogP contribution in [0.2, 0.25) is 5.02 Å². The van der Waals surface area contributed by atoms with Gasteiger partial charge in [0.15, 0.2) is 6.29 Å². The van der Waals surface area contributed by atoms with E-state index in [1.807, 2.05) is 13.0 Å². The SMILES string of the molecule is CC(C1CC1)N(CC(=O)NCc1cccc(Cl)c1F)C(=O)Cn1nc(C=O)c2ccccc21. The van der Waals surface area contributed by atoms with E-state index in [2.05, 4.69) is 10.4 Å². The average Bonchev–Trinajstić information content (AvgIpc) is 3.61. The summed E-state index contributed by atoms with van der Waals surface area (Å²) in [7, 11) is 0. The summed E-state index contributed by atoms with van der Waals surface area (Å²) >= 11 is 5.80. The number of nitrogens with zero attached hydrogens (tertiary/aromatic N) is 3. The number of benzene rings is 2. The van der Waals surface area contributed by atoms with Crippen molar-refractivity contribution in [1.82, 2.24) is 20.0 Å². The third kappa shape index (κ3) is 5.06. The maximum absolute atomic E-state index is 14.1. The van der Waals surface area contributed by atoms with Gasteiger partial charge in [-0.05, 0) is 37.8 Å². The predicted molar refractivity (Wildman–Crippen MR) is 122 cm³/mol. The Labute approximate surface area is 195 Å². The molecule has 172 valence electrons. The van der Waals surface area contributed by atoms with Crippen molar-refractivity contribution in [3.8, 4) is 0 Å². The Morgan fingerprint density at radius 1 is 1.27 bits per heavy atom. The number of hydrogen-bond acceptors (Lipinski definition) is 4. The molecular formula is C24H24ClFN4O3. The molecule has 2 aromatic carbocycles. The van der Waals surface area contributed by atoms with E-state index in [0.717, 1.165) is 12.8 Å². The molecule has 1 heterocycles. The molecule has 1 fully saturated rings. The van der Waals surface area contributed by atoms with Crippen molar-refractivity contribution in [2.45, 2.75) is 38.9 Å². The van der Waals surface area contributed by atoms with Crippen LogP contribution < -0.4 is 5.32 Å².